The molecule has 1 atom stereocenters. The Bertz CT molecular complexity index is 717. The van der Waals surface area contributed by atoms with Crippen LogP contribution in [0.2, 0.25) is 0 Å². The van der Waals surface area contributed by atoms with Crippen LogP contribution >= 0.6 is 12.4 Å². The summed E-state index contributed by atoms with van der Waals surface area (Å²) in [7, 11) is 0. The summed E-state index contributed by atoms with van der Waals surface area (Å²) in [5.74, 6) is 2.58. The molecule has 2 saturated heterocycles. The van der Waals surface area contributed by atoms with Crippen molar-refractivity contribution in [2.45, 2.75) is 38.1 Å². The summed E-state index contributed by atoms with van der Waals surface area (Å²) >= 11 is 0. The second-order valence-corrected chi connectivity index (χ2v) is 7.86. The van der Waals surface area contributed by atoms with Crippen molar-refractivity contribution in [1.29, 1.82) is 0 Å². The van der Waals surface area contributed by atoms with Gasteiger partial charge in [-0.1, -0.05) is 18.2 Å². The number of piperidine rings is 1. The van der Waals surface area contributed by atoms with E-state index in [-0.39, 0.29) is 12.4 Å². The number of hydrogen-bond donors (Lipinski definition) is 1. The van der Waals surface area contributed by atoms with Crippen LogP contribution in [0.5, 0.6) is 11.5 Å². The first-order valence-electron chi connectivity index (χ1n) is 10.6. The molecule has 0 radical (unpaired) electrons. The maximum atomic E-state index is 5.97. The predicted octanol–water partition coefficient (Wildman–Crippen LogP) is 4.32. The van der Waals surface area contributed by atoms with E-state index in [9.17, 15) is 0 Å². The molecule has 0 spiro atoms. The Morgan fingerprint density at radius 2 is 1.83 bits per heavy atom. The van der Waals surface area contributed by atoms with Gasteiger partial charge in [0.25, 0.3) is 0 Å². The normalized spacial score (nSPS) is 19.6. The summed E-state index contributed by atoms with van der Waals surface area (Å²) in [6.07, 6.45) is 9.76. The Kier molecular flexibility index (Phi) is 8.44. The smallest absolute Gasteiger partial charge is 0.139 e. The summed E-state index contributed by atoms with van der Waals surface area (Å²) in [4.78, 5) is 6.83. The van der Waals surface area contributed by atoms with Crippen LogP contribution in [0.3, 0.4) is 0 Å². The zero-order valence-electron chi connectivity index (χ0n) is 17.0. The second-order valence-electron chi connectivity index (χ2n) is 7.86. The van der Waals surface area contributed by atoms with Crippen LogP contribution in [0.1, 0.15) is 32.1 Å². The SMILES string of the molecule is Cl.c1ccc(OCCC2CCN(c3cncc(OC[C@@H]4CCCN4)c3)CC2)cc1. The van der Waals surface area contributed by atoms with Crippen molar-refractivity contribution < 1.29 is 9.47 Å². The average molecular weight is 418 g/mol. The lowest BCUT2D eigenvalue weighted by Gasteiger charge is -2.33. The van der Waals surface area contributed by atoms with Gasteiger partial charge >= 0.3 is 0 Å². The molecule has 2 fully saturated rings. The van der Waals surface area contributed by atoms with Crippen LogP contribution < -0.4 is 19.7 Å². The van der Waals surface area contributed by atoms with Gasteiger partial charge in [0.15, 0.2) is 0 Å². The molecule has 4 rings (SSSR count). The molecule has 6 heteroatoms. The van der Waals surface area contributed by atoms with Crippen LogP contribution in [0.15, 0.2) is 48.8 Å². The van der Waals surface area contributed by atoms with Crippen molar-refractivity contribution in [2.24, 2.45) is 5.92 Å². The highest BCUT2D eigenvalue weighted by atomic mass is 35.5. The van der Waals surface area contributed by atoms with E-state index >= 15 is 0 Å². The minimum Gasteiger partial charge on any atom is -0.494 e. The number of nitrogens with one attached hydrogen (secondary N) is 1. The van der Waals surface area contributed by atoms with Gasteiger partial charge in [0, 0.05) is 25.2 Å². The lowest BCUT2D eigenvalue weighted by atomic mass is 9.94. The number of aromatic nitrogens is 1. The standard InChI is InChI=1S/C23H31N3O2.ClH/c1-2-6-22(7-3-1)27-14-10-19-8-12-26(13-9-19)21-15-23(17-24-16-21)28-18-20-5-4-11-25-20;/h1-3,6-7,15-17,19-20,25H,4-5,8-14,18H2;1H/t20-;/m0./s1. The molecule has 0 amide bonds. The maximum Gasteiger partial charge on any atom is 0.139 e. The van der Waals surface area contributed by atoms with Crippen LogP contribution in [0.4, 0.5) is 5.69 Å². The van der Waals surface area contributed by atoms with E-state index in [4.69, 9.17) is 9.47 Å². The molecule has 2 aliphatic rings. The van der Waals surface area contributed by atoms with Crippen molar-refractivity contribution in [3.05, 3.63) is 48.8 Å². The first kappa shape index (κ1) is 21.7. The van der Waals surface area contributed by atoms with Crippen molar-refractivity contribution in [3.8, 4) is 11.5 Å². The Morgan fingerprint density at radius 3 is 2.59 bits per heavy atom. The van der Waals surface area contributed by atoms with Gasteiger partial charge in [-0.15, -0.1) is 12.4 Å². The molecule has 1 aromatic carbocycles. The highest BCUT2D eigenvalue weighted by Crippen LogP contribution is 2.27. The van der Waals surface area contributed by atoms with E-state index in [1.165, 1.54) is 31.4 Å². The molecule has 0 aliphatic carbocycles. The van der Waals surface area contributed by atoms with E-state index in [1.54, 1.807) is 0 Å². The number of rotatable bonds is 8. The number of pyridine rings is 1. The lowest BCUT2D eigenvalue weighted by molar-refractivity contribution is 0.258. The fourth-order valence-electron chi connectivity index (χ4n) is 4.10. The number of nitrogens with zero attached hydrogens (tertiary/aromatic N) is 2. The molecule has 0 unspecified atom stereocenters. The summed E-state index contributed by atoms with van der Waals surface area (Å²) in [6, 6.07) is 12.7. The number of anilines is 1. The molecule has 2 aliphatic heterocycles. The van der Waals surface area contributed by atoms with Crippen LogP contribution in [-0.4, -0.2) is 43.9 Å². The van der Waals surface area contributed by atoms with Crippen LogP contribution in [-0.2, 0) is 0 Å². The van der Waals surface area contributed by atoms with Gasteiger partial charge in [-0.25, -0.2) is 0 Å². The van der Waals surface area contributed by atoms with E-state index in [0.717, 1.165) is 56.7 Å². The molecule has 3 heterocycles. The minimum atomic E-state index is 0. The van der Waals surface area contributed by atoms with Gasteiger partial charge in [-0.3, -0.25) is 4.98 Å². The fraction of sp³-hybridized carbons (Fsp3) is 0.522. The third kappa shape index (κ3) is 6.51. The van der Waals surface area contributed by atoms with Crippen molar-refractivity contribution in [1.82, 2.24) is 10.3 Å². The van der Waals surface area contributed by atoms with Crippen molar-refractivity contribution in [2.75, 3.05) is 37.7 Å². The van der Waals surface area contributed by atoms with Gasteiger partial charge in [-0.2, -0.15) is 0 Å². The number of benzene rings is 1. The molecule has 158 valence electrons. The summed E-state index contributed by atoms with van der Waals surface area (Å²) in [6.45, 7) is 4.79. The van der Waals surface area contributed by atoms with Crippen molar-refractivity contribution >= 4 is 18.1 Å². The zero-order valence-corrected chi connectivity index (χ0v) is 17.8. The van der Waals surface area contributed by atoms with E-state index in [0.29, 0.717) is 6.04 Å². The predicted molar refractivity (Wildman–Crippen MR) is 119 cm³/mol. The third-order valence-electron chi connectivity index (χ3n) is 5.83. The molecular weight excluding hydrogens is 386 g/mol. The van der Waals surface area contributed by atoms with Gasteiger partial charge in [0.05, 0.1) is 24.7 Å². The summed E-state index contributed by atoms with van der Waals surface area (Å²) in [5, 5.41) is 3.47. The highest BCUT2D eigenvalue weighted by molar-refractivity contribution is 5.85. The van der Waals surface area contributed by atoms with Gasteiger partial charge in [0.1, 0.15) is 18.1 Å². The monoisotopic (exact) mass is 417 g/mol. The Hall–Kier alpha value is -1.98. The van der Waals surface area contributed by atoms with Crippen LogP contribution in [0.25, 0.3) is 0 Å². The molecule has 1 N–H and O–H groups in total. The number of halogens is 1. The van der Waals surface area contributed by atoms with Gasteiger partial charge in [0.2, 0.25) is 0 Å². The quantitative estimate of drug-likeness (QED) is 0.693. The molecule has 5 nitrogen and oxygen atoms in total. The lowest BCUT2D eigenvalue weighted by Crippen LogP contribution is -2.34. The first-order chi connectivity index (χ1) is 13.9. The zero-order chi connectivity index (χ0) is 19.0. The fourth-order valence-corrected chi connectivity index (χ4v) is 4.10. The second kappa shape index (κ2) is 11.3. The van der Waals surface area contributed by atoms with E-state index in [1.807, 2.05) is 42.7 Å². The number of ether oxygens (including phenoxy) is 2. The molecule has 0 bridgehead atoms. The molecule has 29 heavy (non-hydrogen) atoms. The molecule has 2 aromatic rings. The van der Waals surface area contributed by atoms with Gasteiger partial charge < -0.3 is 19.7 Å². The topological polar surface area (TPSA) is 46.6 Å². The Balaban J connectivity index is 0.00000240. The number of hydrogen-bond acceptors (Lipinski definition) is 5. The average Bonchev–Trinajstić information content (AvgIpc) is 3.28. The summed E-state index contributed by atoms with van der Waals surface area (Å²) in [5.41, 5.74) is 1.18. The maximum absolute atomic E-state index is 5.97. The largest absolute Gasteiger partial charge is 0.494 e. The highest BCUT2D eigenvalue weighted by Gasteiger charge is 2.20. The first-order valence-corrected chi connectivity index (χ1v) is 10.6. The van der Waals surface area contributed by atoms with E-state index in [2.05, 4.69) is 21.3 Å². The Morgan fingerprint density at radius 1 is 1.00 bits per heavy atom. The molecule has 1 aromatic heterocycles. The van der Waals surface area contributed by atoms with Crippen molar-refractivity contribution in [3.63, 3.8) is 0 Å². The summed E-state index contributed by atoms with van der Waals surface area (Å²) < 4.78 is 11.8. The molecular formula is C23H32ClN3O2. The van der Waals surface area contributed by atoms with Crippen LogP contribution in [0, 0.1) is 5.92 Å². The number of para-hydroxylation sites is 1. The van der Waals surface area contributed by atoms with E-state index < -0.39 is 0 Å². The Labute approximate surface area is 180 Å². The van der Waals surface area contributed by atoms with Gasteiger partial charge in [-0.05, 0) is 56.7 Å². The molecule has 0 saturated carbocycles. The minimum absolute atomic E-state index is 0. The third-order valence-corrected chi connectivity index (χ3v) is 5.83.